The number of nitrogens with one attached hydrogen (secondary N) is 3. The number of carbonyl (C=O) groups is 3. The first kappa shape index (κ1) is 19.7. The summed E-state index contributed by atoms with van der Waals surface area (Å²) in [6.07, 6.45) is 0.636. The minimum Gasteiger partial charge on any atom is -0.508 e. The zero-order valence-electron chi connectivity index (χ0n) is 16.0. The molecule has 8 nitrogen and oxygen atoms in total. The van der Waals surface area contributed by atoms with Crippen LogP contribution >= 0.6 is 0 Å². The molecule has 0 aliphatic carbocycles. The van der Waals surface area contributed by atoms with Gasteiger partial charge in [-0.05, 0) is 48.4 Å². The molecule has 0 spiro atoms. The highest BCUT2D eigenvalue weighted by Gasteiger charge is 2.46. The van der Waals surface area contributed by atoms with Gasteiger partial charge in [0, 0.05) is 18.7 Å². The molecule has 156 valence electrons. The van der Waals surface area contributed by atoms with E-state index in [4.69, 9.17) is 0 Å². The monoisotopic (exact) mass is 412 g/mol. The van der Waals surface area contributed by atoms with Gasteiger partial charge in [-0.15, -0.1) is 0 Å². The molecule has 2 aromatic carbocycles. The van der Waals surface area contributed by atoms with E-state index in [1.165, 1.54) is 41.3 Å². The van der Waals surface area contributed by atoms with Gasteiger partial charge in [-0.3, -0.25) is 9.59 Å². The van der Waals surface area contributed by atoms with Crippen LogP contribution in [-0.4, -0.2) is 52.5 Å². The van der Waals surface area contributed by atoms with Crippen molar-refractivity contribution in [3.63, 3.8) is 0 Å². The summed E-state index contributed by atoms with van der Waals surface area (Å²) >= 11 is 0. The van der Waals surface area contributed by atoms with E-state index in [1.807, 2.05) is 0 Å². The zero-order chi connectivity index (χ0) is 21.3. The van der Waals surface area contributed by atoms with Crippen LogP contribution in [-0.2, 0) is 16.0 Å². The van der Waals surface area contributed by atoms with E-state index < -0.39 is 23.9 Å². The van der Waals surface area contributed by atoms with Crippen LogP contribution in [0.3, 0.4) is 0 Å². The van der Waals surface area contributed by atoms with Crippen LogP contribution in [0.2, 0.25) is 0 Å². The molecule has 2 heterocycles. The van der Waals surface area contributed by atoms with E-state index in [-0.39, 0.29) is 30.2 Å². The summed E-state index contributed by atoms with van der Waals surface area (Å²) in [4.78, 5) is 39.1. The fourth-order valence-electron chi connectivity index (χ4n) is 3.85. The molecule has 0 aromatic heterocycles. The number of carbonyl (C=O) groups excluding carboxylic acids is 3. The van der Waals surface area contributed by atoms with Gasteiger partial charge in [0.1, 0.15) is 23.7 Å². The maximum absolute atomic E-state index is 13.0. The average Bonchev–Trinajstić information content (AvgIpc) is 3.14. The SMILES string of the molecule is O=C(Nc1ccc(F)cc1)N[C@H]1C[C@H]2C(=O)N[C@H](Cc3ccc(O)cc3)C(=O)N2C1. The Labute approximate surface area is 172 Å². The number of phenols is 1. The third kappa shape index (κ3) is 4.19. The number of phenolic OH excluding ortho intramolecular Hbond substituents is 1. The summed E-state index contributed by atoms with van der Waals surface area (Å²) in [5.41, 5.74) is 1.25. The smallest absolute Gasteiger partial charge is 0.319 e. The zero-order valence-corrected chi connectivity index (χ0v) is 16.0. The van der Waals surface area contributed by atoms with Gasteiger partial charge in [0.2, 0.25) is 11.8 Å². The molecule has 2 aliphatic rings. The molecule has 4 N–H and O–H groups in total. The minimum absolute atomic E-state index is 0.130. The Morgan fingerprint density at radius 1 is 1.13 bits per heavy atom. The van der Waals surface area contributed by atoms with Crippen molar-refractivity contribution in [1.82, 2.24) is 15.5 Å². The van der Waals surface area contributed by atoms with Crippen molar-refractivity contribution in [3.8, 4) is 5.75 Å². The molecule has 0 unspecified atom stereocenters. The number of hydrogen-bond acceptors (Lipinski definition) is 4. The number of benzene rings is 2. The van der Waals surface area contributed by atoms with Gasteiger partial charge in [0.15, 0.2) is 0 Å². The highest BCUT2D eigenvalue weighted by atomic mass is 19.1. The molecule has 0 saturated carbocycles. The van der Waals surface area contributed by atoms with E-state index in [0.29, 0.717) is 18.5 Å². The van der Waals surface area contributed by atoms with Gasteiger partial charge in [-0.1, -0.05) is 12.1 Å². The second kappa shape index (κ2) is 8.02. The van der Waals surface area contributed by atoms with Crippen molar-refractivity contribution >= 4 is 23.5 Å². The number of fused-ring (bicyclic) bond motifs is 1. The van der Waals surface area contributed by atoms with Crippen molar-refractivity contribution in [1.29, 1.82) is 0 Å². The highest BCUT2D eigenvalue weighted by Crippen LogP contribution is 2.24. The Hall–Kier alpha value is -3.62. The predicted octanol–water partition coefficient (Wildman–Crippen LogP) is 1.36. The molecule has 3 atom stereocenters. The molecule has 0 radical (unpaired) electrons. The number of rotatable bonds is 4. The lowest BCUT2D eigenvalue weighted by Gasteiger charge is -2.34. The maximum Gasteiger partial charge on any atom is 0.319 e. The third-order valence-electron chi connectivity index (χ3n) is 5.31. The standard InChI is InChI=1S/C21H21FN4O4/c22-13-3-5-14(6-4-13)23-21(30)24-15-10-18-19(28)25-17(20(29)26(18)11-15)9-12-1-7-16(27)8-2-12/h1-8,15,17-18,27H,9-11H2,(H,25,28)(H2,23,24,30)/t15-,17+,18-/m0/s1. The lowest BCUT2D eigenvalue weighted by atomic mass is 10.0. The largest absolute Gasteiger partial charge is 0.508 e. The van der Waals surface area contributed by atoms with Crippen LogP contribution in [0.5, 0.6) is 5.75 Å². The second-order valence-electron chi connectivity index (χ2n) is 7.48. The van der Waals surface area contributed by atoms with Gasteiger partial charge in [0.25, 0.3) is 0 Å². The Balaban J connectivity index is 1.36. The van der Waals surface area contributed by atoms with Crippen LogP contribution in [0.15, 0.2) is 48.5 Å². The van der Waals surface area contributed by atoms with E-state index in [2.05, 4.69) is 16.0 Å². The molecule has 2 saturated heterocycles. The number of anilines is 1. The van der Waals surface area contributed by atoms with Gasteiger partial charge in [0.05, 0.1) is 6.04 Å². The van der Waals surface area contributed by atoms with Crippen LogP contribution in [0, 0.1) is 5.82 Å². The van der Waals surface area contributed by atoms with Crippen LogP contribution in [0.25, 0.3) is 0 Å². The number of nitrogens with zero attached hydrogens (tertiary/aromatic N) is 1. The van der Waals surface area contributed by atoms with Crippen molar-refractivity contribution in [2.24, 2.45) is 0 Å². The lowest BCUT2D eigenvalue weighted by molar-refractivity contribution is -0.147. The number of halogens is 1. The highest BCUT2D eigenvalue weighted by molar-refractivity contribution is 5.98. The van der Waals surface area contributed by atoms with Crippen molar-refractivity contribution in [2.75, 3.05) is 11.9 Å². The van der Waals surface area contributed by atoms with Crippen LogP contribution in [0.1, 0.15) is 12.0 Å². The van der Waals surface area contributed by atoms with Crippen molar-refractivity contribution < 1.29 is 23.9 Å². The third-order valence-corrected chi connectivity index (χ3v) is 5.31. The quantitative estimate of drug-likeness (QED) is 0.608. The summed E-state index contributed by atoms with van der Waals surface area (Å²) in [5.74, 6) is -0.720. The molecule has 9 heteroatoms. The molecule has 30 heavy (non-hydrogen) atoms. The van der Waals surface area contributed by atoms with Gasteiger partial charge in [-0.25, -0.2) is 9.18 Å². The fraction of sp³-hybridized carbons (Fsp3) is 0.286. The van der Waals surface area contributed by atoms with Crippen LogP contribution < -0.4 is 16.0 Å². The van der Waals surface area contributed by atoms with Crippen LogP contribution in [0.4, 0.5) is 14.9 Å². The maximum atomic E-state index is 13.0. The first-order valence-corrected chi connectivity index (χ1v) is 9.61. The minimum atomic E-state index is -0.690. The van der Waals surface area contributed by atoms with Crippen molar-refractivity contribution in [2.45, 2.75) is 31.0 Å². The Bertz CT molecular complexity index is 964. The number of hydrogen-bond donors (Lipinski definition) is 4. The average molecular weight is 412 g/mol. The van der Waals surface area contributed by atoms with Gasteiger partial charge < -0.3 is 26.0 Å². The Kier molecular flexibility index (Phi) is 5.26. The van der Waals surface area contributed by atoms with E-state index in [0.717, 1.165) is 5.56 Å². The number of urea groups is 1. The predicted molar refractivity (Wildman–Crippen MR) is 106 cm³/mol. The second-order valence-corrected chi connectivity index (χ2v) is 7.48. The Morgan fingerprint density at radius 3 is 2.53 bits per heavy atom. The summed E-state index contributed by atoms with van der Waals surface area (Å²) in [6.45, 7) is 0.236. The summed E-state index contributed by atoms with van der Waals surface area (Å²) in [7, 11) is 0. The molecular weight excluding hydrogens is 391 g/mol. The number of aromatic hydroxyl groups is 1. The molecule has 2 fully saturated rings. The fourth-order valence-corrected chi connectivity index (χ4v) is 3.85. The van der Waals surface area contributed by atoms with E-state index in [1.54, 1.807) is 12.1 Å². The van der Waals surface area contributed by atoms with Gasteiger partial charge in [-0.2, -0.15) is 0 Å². The Morgan fingerprint density at radius 2 is 1.83 bits per heavy atom. The number of piperazine rings is 1. The number of amides is 4. The first-order chi connectivity index (χ1) is 14.4. The molecule has 0 bridgehead atoms. The van der Waals surface area contributed by atoms with Gasteiger partial charge >= 0.3 is 6.03 Å². The summed E-state index contributed by atoms with van der Waals surface area (Å²) in [6, 6.07) is 9.66. The first-order valence-electron chi connectivity index (χ1n) is 9.61. The molecule has 4 rings (SSSR count). The summed E-state index contributed by atoms with van der Waals surface area (Å²) in [5, 5.41) is 17.5. The molecule has 2 aliphatic heterocycles. The lowest BCUT2D eigenvalue weighted by Crippen LogP contribution is -2.61. The molecular formula is C21H21FN4O4. The topological polar surface area (TPSA) is 111 Å². The molecule has 2 aromatic rings. The van der Waals surface area contributed by atoms with E-state index in [9.17, 15) is 23.9 Å². The van der Waals surface area contributed by atoms with E-state index >= 15 is 0 Å². The van der Waals surface area contributed by atoms with Crippen molar-refractivity contribution in [3.05, 3.63) is 59.9 Å². The normalized spacial score (nSPS) is 23.0. The summed E-state index contributed by atoms with van der Waals surface area (Å²) < 4.78 is 13.0. The molecule has 4 amide bonds.